The number of rotatable bonds is 5. The number of hydrazine groups is 1. The van der Waals surface area contributed by atoms with Crippen LogP contribution in [0.2, 0.25) is 5.02 Å². The van der Waals surface area contributed by atoms with Crippen molar-refractivity contribution in [1.82, 2.24) is 10.9 Å². The van der Waals surface area contributed by atoms with Crippen molar-refractivity contribution in [3.8, 4) is 5.75 Å². The van der Waals surface area contributed by atoms with Crippen LogP contribution in [0.15, 0.2) is 48.5 Å². The van der Waals surface area contributed by atoms with Crippen LogP contribution in [0.5, 0.6) is 5.75 Å². The largest absolute Gasteiger partial charge is 0.482 e. The molecule has 0 saturated heterocycles. The van der Waals surface area contributed by atoms with Gasteiger partial charge in [0.1, 0.15) is 5.75 Å². The second-order valence-corrected chi connectivity index (χ2v) is 6.44. The van der Waals surface area contributed by atoms with Crippen molar-refractivity contribution >= 4 is 40.5 Å². The van der Waals surface area contributed by atoms with Crippen molar-refractivity contribution in [2.45, 2.75) is 19.8 Å². The topological polar surface area (TPSA) is 62.4 Å². The van der Waals surface area contributed by atoms with Crippen LogP contribution in [0.1, 0.15) is 25.3 Å². The molecule has 0 aromatic heterocycles. The van der Waals surface area contributed by atoms with Crippen LogP contribution in [-0.4, -0.2) is 17.6 Å². The number of benzene rings is 2. The van der Waals surface area contributed by atoms with Gasteiger partial charge in [0.15, 0.2) is 11.7 Å². The van der Waals surface area contributed by atoms with Crippen molar-refractivity contribution in [1.29, 1.82) is 0 Å². The van der Waals surface area contributed by atoms with Crippen molar-refractivity contribution in [3.63, 3.8) is 0 Å². The number of thiocarbonyl (C=S) groups is 1. The molecule has 5 nitrogen and oxygen atoms in total. The summed E-state index contributed by atoms with van der Waals surface area (Å²) in [6.45, 7) is 4.09. The maximum absolute atomic E-state index is 11.8. The second-order valence-electron chi connectivity index (χ2n) is 5.62. The highest BCUT2D eigenvalue weighted by Crippen LogP contribution is 2.22. The van der Waals surface area contributed by atoms with Crippen LogP contribution < -0.4 is 20.9 Å². The molecule has 2 aromatic carbocycles. The summed E-state index contributed by atoms with van der Waals surface area (Å²) in [5.74, 6) is 0.543. The average molecular weight is 378 g/mol. The summed E-state index contributed by atoms with van der Waals surface area (Å²) in [6, 6.07) is 14.9. The summed E-state index contributed by atoms with van der Waals surface area (Å²) in [4.78, 5) is 11.8. The minimum Gasteiger partial charge on any atom is -0.482 e. The lowest BCUT2D eigenvalue weighted by Gasteiger charge is -2.13. The van der Waals surface area contributed by atoms with Crippen LogP contribution in [0.3, 0.4) is 0 Å². The number of halogens is 1. The Hall–Kier alpha value is -2.31. The van der Waals surface area contributed by atoms with Crippen LogP contribution in [0, 0.1) is 0 Å². The van der Waals surface area contributed by atoms with E-state index in [1.807, 2.05) is 24.3 Å². The summed E-state index contributed by atoms with van der Waals surface area (Å²) in [7, 11) is 0. The molecule has 0 atom stereocenters. The van der Waals surface area contributed by atoms with Gasteiger partial charge in [-0.3, -0.25) is 15.6 Å². The van der Waals surface area contributed by atoms with Crippen molar-refractivity contribution in [3.05, 3.63) is 59.1 Å². The van der Waals surface area contributed by atoms with Gasteiger partial charge in [-0.25, -0.2) is 0 Å². The van der Waals surface area contributed by atoms with Gasteiger partial charge in [-0.05, 0) is 48.0 Å². The minimum atomic E-state index is -0.376. The van der Waals surface area contributed by atoms with E-state index in [0.717, 1.165) is 5.69 Å². The van der Waals surface area contributed by atoms with Crippen LogP contribution in [-0.2, 0) is 4.79 Å². The van der Waals surface area contributed by atoms with Crippen LogP contribution in [0.25, 0.3) is 0 Å². The van der Waals surface area contributed by atoms with Gasteiger partial charge >= 0.3 is 0 Å². The second kappa shape index (κ2) is 9.25. The Morgan fingerprint density at radius 1 is 1.12 bits per heavy atom. The normalized spacial score (nSPS) is 10.2. The Labute approximate surface area is 157 Å². The summed E-state index contributed by atoms with van der Waals surface area (Å²) in [6.07, 6.45) is 0. The molecule has 0 aliphatic rings. The molecule has 0 aliphatic heterocycles. The first-order chi connectivity index (χ1) is 12.0. The number of anilines is 1. The predicted molar refractivity (Wildman–Crippen MR) is 105 cm³/mol. The fourth-order valence-corrected chi connectivity index (χ4v) is 2.34. The standard InChI is InChI=1S/C18H20ClN3O2S/c1-12(2)13-7-9-14(10-8-13)20-18(25)22-21-17(23)11-24-16-6-4-3-5-15(16)19/h3-10,12H,11H2,1-2H3,(H,21,23)(H2,20,22,25). The Bertz CT molecular complexity index is 735. The number of ether oxygens (including phenoxy) is 1. The van der Waals surface area contributed by atoms with Crippen LogP contribution >= 0.6 is 23.8 Å². The van der Waals surface area contributed by atoms with Gasteiger partial charge in [0.2, 0.25) is 0 Å². The third-order valence-electron chi connectivity index (χ3n) is 3.35. The van der Waals surface area contributed by atoms with E-state index in [-0.39, 0.29) is 17.6 Å². The Balaban J connectivity index is 1.74. The van der Waals surface area contributed by atoms with E-state index in [2.05, 4.69) is 30.0 Å². The van der Waals surface area contributed by atoms with Gasteiger partial charge in [0, 0.05) is 5.69 Å². The van der Waals surface area contributed by atoms with E-state index in [4.69, 9.17) is 28.6 Å². The monoisotopic (exact) mass is 377 g/mol. The van der Waals surface area contributed by atoms with Gasteiger partial charge < -0.3 is 10.1 Å². The van der Waals surface area contributed by atoms with E-state index < -0.39 is 0 Å². The highest BCUT2D eigenvalue weighted by Gasteiger charge is 2.06. The molecule has 0 bridgehead atoms. The fourth-order valence-electron chi connectivity index (χ4n) is 1.98. The molecule has 2 aromatic rings. The van der Waals surface area contributed by atoms with Gasteiger partial charge in [-0.2, -0.15) is 0 Å². The first-order valence-corrected chi connectivity index (χ1v) is 8.57. The zero-order chi connectivity index (χ0) is 18.2. The number of amides is 1. The SMILES string of the molecule is CC(C)c1ccc(NC(=S)NNC(=O)COc2ccccc2Cl)cc1. The fraction of sp³-hybridized carbons (Fsp3) is 0.222. The van der Waals surface area contributed by atoms with E-state index in [9.17, 15) is 4.79 Å². The molecule has 132 valence electrons. The molecule has 0 unspecified atom stereocenters. The molecule has 7 heteroatoms. The molecule has 0 saturated carbocycles. The molecular formula is C18H20ClN3O2S. The first-order valence-electron chi connectivity index (χ1n) is 7.79. The maximum atomic E-state index is 11.8. The Kier molecular flexibility index (Phi) is 7.03. The molecule has 3 N–H and O–H groups in total. The zero-order valence-electron chi connectivity index (χ0n) is 14.0. The van der Waals surface area contributed by atoms with Crippen molar-refractivity contribution in [2.24, 2.45) is 0 Å². The summed E-state index contributed by atoms with van der Waals surface area (Å²) in [5.41, 5.74) is 7.17. The Morgan fingerprint density at radius 3 is 2.44 bits per heavy atom. The van der Waals surface area contributed by atoms with E-state index in [1.165, 1.54) is 5.56 Å². The highest BCUT2D eigenvalue weighted by molar-refractivity contribution is 7.80. The molecule has 0 aliphatic carbocycles. The van der Waals surface area contributed by atoms with E-state index >= 15 is 0 Å². The van der Waals surface area contributed by atoms with Crippen molar-refractivity contribution < 1.29 is 9.53 Å². The summed E-state index contributed by atoms with van der Waals surface area (Å²) < 4.78 is 5.34. The molecule has 2 rings (SSSR count). The molecule has 0 fully saturated rings. The highest BCUT2D eigenvalue weighted by atomic mass is 35.5. The smallest absolute Gasteiger partial charge is 0.276 e. The number of carbonyl (C=O) groups is 1. The molecular weight excluding hydrogens is 358 g/mol. The quantitative estimate of drug-likeness (QED) is 0.545. The zero-order valence-corrected chi connectivity index (χ0v) is 15.6. The van der Waals surface area contributed by atoms with Gasteiger partial charge in [-0.15, -0.1) is 0 Å². The summed E-state index contributed by atoms with van der Waals surface area (Å²) in [5, 5.41) is 3.72. The van der Waals surface area contributed by atoms with Gasteiger partial charge in [0.05, 0.1) is 5.02 Å². The van der Waals surface area contributed by atoms with Gasteiger partial charge in [0.25, 0.3) is 5.91 Å². The predicted octanol–water partition coefficient (Wildman–Crippen LogP) is 3.86. The third-order valence-corrected chi connectivity index (χ3v) is 3.86. The number of para-hydroxylation sites is 1. The molecule has 1 amide bonds. The molecule has 0 heterocycles. The lowest BCUT2D eigenvalue weighted by Crippen LogP contribution is -2.45. The van der Waals surface area contributed by atoms with E-state index in [0.29, 0.717) is 16.7 Å². The summed E-state index contributed by atoms with van der Waals surface area (Å²) >= 11 is 11.1. The van der Waals surface area contributed by atoms with Gasteiger partial charge in [-0.1, -0.05) is 49.7 Å². The molecule has 25 heavy (non-hydrogen) atoms. The minimum absolute atomic E-state index is 0.178. The van der Waals surface area contributed by atoms with Crippen LogP contribution in [0.4, 0.5) is 5.69 Å². The number of hydrogen-bond acceptors (Lipinski definition) is 3. The number of hydrogen-bond donors (Lipinski definition) is 3. The molecule has 0 spiro atoms. The van der Waals surface area contributed by atoms with E-state index in [1.54, 1.807) is 24.3 Å². The first kappa shape index (κ1) is 19.0. The Morgan fingerprint density at radius 2 is 1.80 bits per heavy atom. The number of carbonyl (C=O) groups excluding carboxylic acids is 1. The number of nitrogens with one attached hydrogen (secondary N) is 3. The lowest BCUT2D eigenvalue weighted by molar-refractivity contribution is -0.123. The average Bonchev–Trinajstić information content (AvgIpc) is 2.59. The maximum Gasteiger partial charge on any atom is 0.276 e. The van der Waals surface area contributed by atoms with Crippen molar-refractivity contribution in [2.75, 3.05) is 11.9 Å². The molecule has 0 radical (unpaired) electrons. The lowest BCUT2D eigenvalue weighted by atomic mass is 10.0. The third kappa shape index (κ3) is 6.25.